The molecule has 3 atom stereocenters. The minimum absolute atomic E-state index is 0.214. The minimum Gasteiger partial charge on any atom is -0.295 e. The van der Waals surface area contributed by atoms with Crippen molar-refractivity contribution in [3.8, 4) is 0 Å². The van der Waals surface area contributed by atoms with Crippen molar-refractivity contribution in [2.45, 2.75) is 62.3 Å². The van der Waals surface area contributed by atoms with Gasteiger partial charge in [-0.1, -0.05) is 97.6 Å². The fourth-order valence-corrected chi connectivity index (χ4v) is 9.17. The number of halogens is 1. The fourth-order valence-electron chi connectivity index (χ4n) is 9.06. The van der Waals surface area contributed by atoms with Crippen molar-refractivity contribution in [3.05, 3.63) is 101 Å². The Kier molecular flexibility index (Phi) is 5.33. The van der Waals surface area contributed by atoms with Crippen LogP contribution in [0, 0.1) is 17.3 Å². The molecule has 5 fully saturated rings. The Balaban J connectivity index is 1.32. The van der Waals surface area contributed by atoms with Crippen molar-refractivity contribution >= 4 is 11.6 Å². The predicted octanol–water partition coefficient (Wildman–Crippen LogP) is 7.80. The second-order valence-corrected chi connectivity index (χ2v) is 12.3. The molecule has 2 aromatic carbocycles. The molecule has 1 unspecified atom stereocenters. The highest BCUT2D eigenvalue weighted by Crippen LogP contribution is 2.82. The number of hydrogen-bond acceptors (Lipinski definition) is 2. The van der Waals surface area contributed by atoms with E-state index in [1.807, 2.05) is 6.07 Å². The van der Waals surface area contributed by atoms with Crippen LogP contribution in [0.15, 0.2) is 79.0 Å². The lowest BCUT2D eigenvalue weighted by molar-refractivity contribution is 0.0254. The molecule has 5 aliphatic rings. The third-order valence-electron chi connectivity index (χ3n) is 10.2. The number of pyridine rings is 1. The quantitative estimate of drug-likeness (QED) is 0.345. The highest BCUT2D eigenvalue weighted by molar-refractivity contribution is 6.29. The number of aromatic nitrogens is 1. The molecular formula is C32H35ClN2. The molecule has 1 saturated heterocycles. The van der Waals surface area contributed by atoms with Crippen LogP contribution < -0.4 is 0 Å². The molecule has 1 aromatic heterocycles. The van der Waals surface area contributed by atoms with Crippen LogP contribution in [0.1, 0.15) is 73.6 Å². The molecule has 3 heteroatoms. The number of likely N-dealkylation sites (tertiary alicyclic amines) is 1. The number of nitrogens with zero attached hydrogens (tertiary/aromatic N) is 2. The van der Waals surface area contributed by atoms with Crippen LogP contribution in [-0.2, 0) is 5.41 Å². The van der Waals surface area contributed by atoms with Gasteiger partial charge in [0.15, 0.2) is 0 Å². The van der Waals surface area contributed by atoms with Crippen LogP contribution in [0.2, 0.25) is 5.15 Å². The summed E-state index contributed by atoms with van der Waals surface area (Å²) >= 11 is 6.24. The van der Waals surface area contributed by atoms with E-state index >= 15 is 0 Å². The summed E-state index contributed by atoms with van der Waals surface area (Å²) in [5.41, 5.74) is 4.99. The van der Waals surface area contributed by atoms with E-state index in [0.717, 1.165) is 5.92 Å². The number of rotatable bonds is 5. The van der Waals surface area contributed by atoms with Gasteiger partial charge in [0.25, 0.3) is 0 Å². The van der Waals surface area contributed by atoms with Gasteiger partial charge in [0.05, 0.1) is 0 Å². The maximum absolute atomic E-state index is 6.24. The number of benzene rings is 2. The molecule has 2 bridgehead atoms. The van der Waals surface area contributed by atoms with Gasteiger partial charge >= 0.3 is 0 Å². The summed E-state index contributed by atoms with van der Waals surface area (Å²) in [6.07, 6.45) is 11.7. The first-order valence-electron chi connectivity index (χ1n) is 13.7. The Morgan fingerprint density at radius 2 is 1.54 bits per heavy atom. The molecule has 2 heterocycles. The molecule has 1 aliphatic heterocycles. The summed E-state index contributed by atoms with van der Waals surface area (Å²) in [5.74, 6) is 2.01. The summed E-state index contributed by atoms with van der Waals surface area (Å²) in [4.78, 5) is 7.47. The zero-order valence-corrected chi connectivity index (χ0v) is 21.2. The summed E-state index contributed by atoms with van der Waals surface area (Å²) in [6.45, 7) is 2.47. The first kappa shape index (κ1) is 22.1. The largest absolute Gasteiger partial charge is 0.295 e. The Labute approximate surface area is 214 Å². The summed E-state index contributed by atoms with van der Waals surface area (Å²) in [5, 5.41) is 0.593. The van der Waals surface area contributed by atoms with Crippen molar-refractivity contribution in [1.29, 1.82) is 0 Å². The molecule has 4 aliphatic carbocycles. The second kappa shape index (κ2) is 8.46. The Morgan fingerprint density at radius 1 is 0.829 bits per heavy atom. The molecule has 2 nitrogen and oxygen atoms in total. The zero-order valence-electron chi connectivity index (χ0n) is 20.5. The van der Waals surface area contributed by atoms with Crippen LogP contribution >= 0.6 is 11.6 Å². The summed E-state index contributed by atoms with van der Waals surface area (Å²) < 4.78 is 0. The van der Waals surface area contributed by atoms with Crippen LogP contribution in [-0.4, -0.2) is 23.0 Å². The lowest BCUT2D eigenvalue weighted by atomic mass is 9.52. The molecule has 3 aromatic rings. The minimum atomic E-state index is 0.214. The van der Waals surface area contributed by atoms with Crippen molar-refractivity contribution < 1.29 is 0 Å². The van der Waals surface area contributed by atoms with E-state index in [-0.39, 0.29) is 5.41 Å². The Hall–Kier alpha value is -2.16. The lowest BCUT2D eigenvalue weighted by Crippen LogP contribution is -2.48. The van der Waals surface area contributed by atoms with E-state index in [1.54, 1.807) is 0 Å². The predicted molar refractivity (Wildman–Crippen MR) is 143 cm³/mol. The number of hydrogen-bond donors (Lipinski definition) is 0. The molecule has 4 saturated carbocycles. The zero-order chi connectivity index (χ0) is 23.5. The Morgan fingerprint density at radius 3 is 2.23 bits per heavy atom. The third-order valence-corrected chi connectivity index (χ3v) is 10.4. The molecule has 0 radical (unpaired) electrons. The van der Waals surface area contributed by atoms with Crippen LogP contribution in [0.25, 0.3) is 0 Å². The van der Waals surface area contributed by atoms with E-state index < -0.39 is 0 Å². The van der Waals surface area contributed by atoms with Gasteiger partial charge in [0.1, 0.15) is 5.15 Å². The van der Waals surface area contributed by atoms with E-state index in [0.29, 0.717) is 28.4 Å². The average Bonchev–Trinajstić information content (AvgIpc) is 3.45. The maximum atomic E-state index is 6.24. The van der Waals surface area contributed by atoms with Gasteiger partial charge < -0.3 is 0 Å². The van der Waals surface area contributed by atoms with Gasteiger partial charge in [0, 0.05) is 30.7 Å². The van der Waals surface area contributed by atoms with Crippen molar-refractivity contribution in [1.82, 2.24) is 9.88 Å². The topological polar surface area (TPSA) is 16.1 Å². The van der Waals surface area contributed by atoms with Gasteiger partial charge in [-0.15, -0.1) is 0 Å². The second-order valence-electron chi connectivity index (χ2n) is 11.9. The fraction of sp³-hybridized carbons (Fsp3) is 0.469. The molecule has 35 heavy (non-hydrogen) atoms. The van der Waals surface area contributed by atoms with E-state index in [9.17, 15) is 0 Å². The van der Waals surface area contributed by atoms with E-state index in [2.05, 4.69) is 82.8 Å². The van der Waals surface area contributed by atoms with Gasteiger partial charge in [-0.2, -0.15) is 0 Å². The molecule has 0 amide bonds. The average molecular weight is 483 g/mol. The van der Waals surface area contributed by atoms with E-state index in [1.165, 1.54) is 74.7 Å². The molecule has 8 rings (SSSR count). The van der Waals surface area contributed by atoms with Gasteiger partial charge in [-0.3, -0.25) is 4.90 Å². The molecular weight excluding hydrogens is 448 g/mol. The molecule has 1 spiro atoms. The van der Waals surface area contributed by atoms with Crippen molar-refractivity contribution in [3.63, 3.8) is 0 Å². The first-order valence-corrected chi connectivity index (χ1v) is 14.0. The summed E-state index contributed by atoms with van der Waals surface area (Å²) in [7, 11) is 0. The SMILES string of the molecule is Clc1ccc(C2[C@H]3CN(CC4CCCCC4)[C@H](c4ccccc4)C34CC2(c2ccccc2)C4)cn1. The van der Waals surface area contributed by atoms with Crippen LogP contribution in [0.3, 0.4) is 0 Å². The van der Waals surface area contributed by atoms with E-state index in [4.69, 9.17) is 11.6 Å². The van der Waals surface area contributed by atoms with Gasteiger partial charge in [-0.25, -0.2) is 4.98 Å². The maximum Gasteiger partial charge on any atom is 0.129 e. The van der Waals surface area contributed by atoms with Crippen LogP contribution in [0.5, 0.6) is 0 Å². The van der Waals surface area contributed by atoms with Gasteiger partial charge in [0.2, 0.25) is 0 Å². The Bertz CT molecular complexity index is 1160. The van der Waals surface area contributed by atoms with Crippen LogP contribution in [0.4, 0.5) is 0 Å². The highest BCUT2D eigenvalue weighted by Gasteiger charge is 2.77. The monoisotopic (exact) mass is 482 g/mol. The van der Waals surface area contributed by atoms with Crippen molar-refractivity contribution in [2.24, 2.45) is 17.3 Å². The van der Waals surface area contributed by atoms with Crippen molar-refractivity contribution in [2.75, 3.05) is 13.1 Å². The molecule has 180 valence electrons. The standard InChI is InChI=1S/C32H35ClN2/c33-28-17-16-25(18-34-28)29-27-20-35(19-23-10-4-1-5-11-23)30(24-12-6-2-7-13-24)32(27)21-31(29,22-32)26-14-8-3-9-15-26/h2-3,6-9,12-18,23,27,29-30H,1,4-5,10-11,19-22H2/t27-,29?,30-,31?,32?/m1/s1. The smallest absolute Gasteiger partial charge is 0.129 e. The first-order chi connectivity index (χ1) is 17.2. The molecule has 0 N–H and O–H groups in total. The third kappa shape index (κ3) is 3.36. The normalized spacial score (nSPS) is 34.5. The van der Waals surface area contributed by atoms with Gasteiger partial charge in [-0.05, 0) is 71.6 Å². The lowest BCUT2D eigenvalue weighted by Gasteiger charge is -2.53. The highest BCUT2D eigenvalue weighted by atomic mass is 35.5. The summed E-state index contributed by atoms with van der Waals surface area (Å²) in [6, 6.07) is 27.6.